The van der Waals surface area contributed by atoms with E-state index >= 15 is 0 Å². The van der Waals surface area contributed by atoms with Gasteiger partial charge in [0.15, 0.2) is 5.79 Å². The summed E-state index contributed by atoms with van der Waals surface area (Å²) >= 11 is 0. The minimum atomic E-state index is -1.85. The Balaban J connectivity index is 2.75. The molecule has 0 heterocycles. The quantitative estimate of drug-likeness (QED) is 0.301. The van der Waals surface area contributed by atoms with Crippen LogP contribution in [0.25, 0.3) is 0 Å². The van der Waals surface area contributed by atoms with Crippen LogP contribution >= 0.6 is 0 Å². The predicted octanol–water partition coefficient (Wildman–Crippen LogP) is -1.54. The Bertz CT molecular complexity index is 108. The Morgan fingerprint density at radius 3 is 1.78 bits per heavy atom. The van der Waals surface area contributed by atoms with E-state index in [0.29, 0.717) is 12.8 Å². The van der Waals surface area contributed by atoms with Gasteiger partial charge in [0.05, 0.1) is 0 Å². The smallest absolute Gasteiger partial charge is 0.194 e. The number of hydrogen-bond donors (Lipinski definition) is 4. The van der Waals surface area contributed by atoms with E-state index in [4.69, 9.17) is 21.7 Å². The summed E-state index contributed by atoms with van der Waals surface area (Å²) in [6, 6.07) is 0. The highest BCUT2D eigenvalue weighted by atomic mass is 16.5. The fourth-order valence-electron chi connectivity index (χ4n) is 1.06. The summed E-state index contributed by atoms with van der Waals surface area (Å²) in [5.41, 5.74) is 9.37. The van der Waals surface area contributed by atoms with E-state index in [2.05, 4.69) is 0 Å². The molecule has 54 valence electrons. The van der Waals surface area contributed by atoms with Crippen molar-refractivity contribution in [3.8, 4) is 0 Å². The SMILES string of the molecule is NC1(N)CCCC1(O)O. The molecule has 4 heteroatoms. The minimum Gasteiger partial charge on any atom is -0.363 e. The van der Waals surface area contributed by atoms with Crippen molar-refractivity contribution >= 4 is 0 Å². The lowest BCUT2D eigenvalue weighted by Gasteiger charge is -2.30. The van der Waals surface area contributed by atoms with Crippen LogP contribution < -0.4 is 11.5 Å². The van der Waals surface area contributed by atoms with E-state index in [0.717, 1.165) is 0 Å². The van der Waals surface area contributed by atoms with Crippen LogP contribution in [0.4, 0.5) is 0 Å². The maximum atomic E-state index is 9.03. The van der Waals surface area contributed by atoms with Crippen LogP contribution in [0.2, 0.25) is 0 Å². The summed E-state index contributed by atoms with van der Waals surface area (Å²) in [5, 5.41) is 18.1. The molecular weight excluding hydrogens is 120 g/mol. The summed E-state index contributed by atoms with van der Waals surface area (Å²) in [5.74, 6) is -1.85. The Morgan fingerprint density at radius 1 is 1.11 bits per heavy atom. The maximum absolute atomic E-state index is 9.03. The summed E-state index contributed by atoms with van der Waals surface area (Å²) in [7, 11) is 0. The molecule has 1 fully saturated rings. The molecule has 0 amide bonds. The monoisotopic (exact) mass is 132 g/mol. The highest BCUT2D eigenvalue weighted by molar-refractivity contribution is 4.96. The van der Waals surface area contributed by atoms with Crippen LogP contribution in [-0.2, 0) is 0 Å². The second-order valence-electron chi connectivity index (χ2n) is 2.71. The highest BCUT2D eigenvalue weighted by Gasteiger charge is 2.47. The molecule has 0 aliphatic heterocycles. The van der Waals surface area contributed by atoms with Gasteiger partial charge >= 0.3 is 0 Å². The van der Waals surface area contributed by atoms with Crippen LogP contribution in [0.3, 0.4) is 0 Å². The van der Waals surface area contributed by atoms with Crippen molar-refractivity contribution in [3.63, 3.8) is 0 Å². The molecule has 0 unspecified atom stereocenters. The van der Waals surface area contributed by atoms with Crippen LogP contribution in [0.1, 0.15) is 19.3 Å². The van der Waals surface area contributed by atoms with Gasteiger partial charge in [0.2, 0.25) is 0 Å². The fraction of sp³-hybridized carbons (Fsp3) is 1.00. The van der Waals surface area contributed by atoms with Crippen molar-refractivity contribution in [2.45, 2.75) is 30.7 Å². The molecule has 0 bridgehead atoms. The molecule has 9 heavy (non-hydrogen) atoms. The molecule has 0 saturated heterocycles. The molecule has 0 aromatic carbocycles. The van der Waals surface area contributed by atoms with Crippen molar-refractivity contribution in [1.29, 1.82) is 0 Å². The summed E-state index contributed by atoms with van der Waals surface area (Å²) in [4.78, 5) is 0. The van der Waals surface area contributed by atoms with Gasteiger partial charge in [0.25, 0.3) is 0 Å². The zero-order valence-electron chi connectivity index (χ0n) is 5.17. The molecule has 1 saturated carbocycles. The van der Waals surface area contributed by atoms with Gasteiger partial charge in [-0.2, -0.15) is 0 Å². The summed E-state index contributed by atoms with van der Waals surface area (Å²) in [6.45, 7) is 0. The Morgan fingerprint density at radius 2 is 1.67 bits per heavy atom. The number of aliphatic hydroxyl groups is 2. The van der Waals surface area contributed by atoms with Gasteiger partial charge < -0.3 is 21.7 Å². The summed E-state index contributed by atoms with van der Waals surface area (Å²) in [6.07, 6.45) is 1.43. The van der Waals surface area contributed by atoms with Crippen molar-refractivity contribution < 1.29 is 10.2 Å². The standard InChI is InChI=1S/C5H12N2O2/c6-4(7)2-1-3-5(4,8)9/h8-9H,1-3,6-7H2. The van der Waals surface area contributed by atoms with Gasteiger partial charge in [0.1, 0.15) is 5.66 Å². The van der Waals surface area contributed by atoms with Gasteiger partial charge in [-0.25, -0.2) is 0 Å². The molecule has 0 aromatic rings. The maximum Gasteiger partial charge on any atom is 0.194 e. The van der Waals surface area contributed by atoms with Gasteiger partial charge in [-0.15, -0.1) is 0 Å². The van der Waals surface area contributed by atoms with Crippen LogP contribution in [-0.4, -0.2) is 21.7 Å². The Labute approximate surface area is 53.5 Å². The Kier molecular flexibility index (Phi) is 1.29. The van der Waals surface area contributed by atoms with Crippen molar-refractivity contribution in [2.75, 3.05) is 0 Å². The molecule has 1 aliphatic rings. The second-order valence-corrected chi connectivity index (χ2v) is 2.71. The molecule has 0 radical (unpaired) electrons. The average molecular weight is 132 g/mol. The lowest BCUT2D eigenvalue weighted by atomic mass is 10.1. The third kappa shape index (κ3) is 0.943. The molecule has 1 aliphatic carbocycles. The molecule has 0 spiro atoms. The summed E-state index contributed by atoms with van der Waals surface area (Å²) < 4.78 is 0. The van der Waals surface area contributed by atoms with Crippen molar-refractivity contribution in [1.82, 2.24) is 0 Å². The third-order valence-electron chi connectivity index (χ3n) is 1.86. The average Bonchev–Trinajstić information content (AvgIpc) is 1.81. The van der Waals surface area contributed by atoms with Gasteiger partial charge in [0, 0.05) is 6.42 Å². The molecular formula is C5H12N2O2. The third-order valence-corrected chi connectivity index (χ3v) is 1.86. The van der Waals surface area contributed by atoms with E-state index in [1.54, 1.807) is 0 Å². The molecule has 0 atom stereocenters. The number of nitrogens with two attached hydrogens (primary N) is 2. The normalized spacial score (nSPS) is 30.7. The molecule has 0 aromatic heterocycles. The van der Waals surface area contributed by atoms with Crippen molar-refractivity contribution in [3.05, 3.63) is 0 Å². The Hall–Kier alpha value is -0.160. The first-order valence-electron chi connectivity index (χ1n) is 2.98. The van der Waals surface area contributed by atoms with E-state index in [1.807, 2.05) is 0 Å². The first-order valence-corrected chi connectivity index (χ1v) is 2.98. The first kappa shape index (κ1) is 6.95. The van der Waals surface area contributed by atoms with Gasteiger partial charge in [-0.3, -0.25) is 0 Å². The lowest BCUT2D eigenvalue weighted by molar-refractivity contribution is -0.192. The second kappa shape index (κ2) is 1.67. The van der Waals surface area contributed by atoms with Gasteiger partial charge in [-0.05, 0) is 12.8 Å². The highest BCUT2D eigenvalue weighted by Crippen LogP contribution is 2.30. The van der Waals surface area contributed by atoms with E-state index < -0.39 is 11.4 Å². The largest absolute Gasteiger partial charge is 0.363 e. The number of hydrogen-bond acceptors (Lipinski definition) is 4. The first-order chi connectivity index (χ1) is 3.96. The molecule has 6 N–H and O–H groups in total. The predicted molar refractivity (Wildman–Crippen MR) is 32.1 cm³/mol. The van der Waals surface area contributed by atoms with Crippen LogP contribution in [0.15, 0.2) is 0 Å². The topological polar surface area (TPSA) is 92.5 Å². The molecule has 1 rings (SSSR count). The lowest BCUT2D eigenvalue weighted by Crippen LogP contribution is -2.63. The van der Waals surface area contributed by atoms with E-state index in [1.165, 1.54) is 0 Å². The van der Waals surface area contributed by atoms with Gasteiger partial charge in [-0.1, -0.05) is 0 Å². The zero-order valence-corrected chi connectivity index (χ0v) is 5.17. The van der Waals surface area contributed by atoms with E-state index in [-0.39, 0.29) is 6.42 Å². The number of rotatable bonds is 0. The van der Waals surface area contributed by atoms with E-state index in [9.17, 15) is 0 Å². The minimum absolute atomic E-state index is 0.278. The zero-order chi connectivity index (χ0) is 7.12. The van der Waals surface area contributed by atoms with Crippen molar-refractivity contribution in [2.24, 2.45) is 11.5 Å². The molecule has 4 nitrogen and oxygen atoms in total. The van der Waals surface area contributed by atoms with Crippen LogP contribution in [0.5, 0.6) is 0 Å². The fourth-order valence-corrected chi connectivity index (χ4v) is 1.06. The van der Waals surface area contributed by atoms with Crippen LogP contribution in [0, 0.1) is 0 Å².